The molecule has 2 saturated heterocycles. The van der Waals surface area contributed by atoms with Gasteiger partial charge in [-0.15, -0.1) is 23.2 Å². The number of alkyl halides is 2. The fourth-order valence-electron chi connectivity index (χ4n) is 7.28. The molecule has 6 unspecified atom stereocenters. The van der Waals surface area contributed by atoms with Gasteiger partial charge in [0.2, 0.25) is 11.8 Å². The van der Waals surface area contributed by atoms with Gasteiger partial charge in [0.05, 0.1) is 31.7 Å². The zero-order chi connectivity index (χ0) is 30.3. The molecule has 2 heterocycles. The third-order valence-corrected chi connectivity index (χ3v) is 10.6. The van der Waals surface area contributed by atoms with Crippen LogP contribution in [0.5, 0.6) is 17.2 Å². The zero-order valence-electron chi connectivity index (χ0n) is 23.1. The highest BCUT2D eigenvalue weighted by Crippen LogP contribution is 2.67. The second-order valence-electron chi connectivity index (χ2n) is 11.1. The average Bonchev–Trinajstić information content (AvgIpc) is 3.31. The Kier molecular flexibility index (Phi) is 6.47. The van der Waals surface area contributed by atoms with E-state index in [4.69, 9.17) is 32.7 Å². The van der Waals surface area contributed by atoms with Crippen molar-refractivity contribution in [2.45, 2.75) is 28.5 Å². The fraction of sp³-hybridized carbons (Fsp3) is 0.355. The minimum absolute atomic E-state index is 0.137. The Morgan fingerprint density at radius 3 is 2.17 bits per heavy atom. The number of anilines is 1. The summed E-state index contributed by atoms with van der Waals surface area (Å²) < 4.78 is 11.2. The molecule has 6 rings (SSSR count). The highest BCUT2D eigenvalue weighted by Gasteiger charge is 2.76. The maximum atomic E-state index is 14.1. The molecule has 3 fully saturated rings. The molecule has 4 aliphatic rings. The summed E-state index contributed by atoms with van der Waals surface area (Å²) in [5, 5.41) is 10.4. The molecule has 2 aromatic rings. The van der Waals surface area contributed by atoms with Crippen molar-refractivity contribution in [3.63, 3.8) is 0 Å². The molecule has 11 heteroatoms. The van der Waals surface area contributed by atoms with Gasteiger partial charge in [0.15, 0.2) is 9.75 Å². The third kappa shape index (κ3) is 3.50. The Balaban J connectivity index is 1.55. The molecule has 42 heavy (non-hydrogen) atoms. The number of likely N-dealkylation sites (tertiary alicyclic amines) is 1. The molecule has 0 aromatic heterocycles. The molecule has 218 valence electrons. The van der Waals surface area contributed by atoms with Gasteiger partial charge in [-0.1, -0.05) is 36.4 Å². The highest BCUT2D eigenvalue weighted by atomic mass is 35.5. The summed E-state index contributed by atoms with van der Waals surface area (Å²) in [5.41, 5.74) is 2.16. The summed E-state index contributed by atoms with van der Waals surface area (Å²) in [6.45, 7) is 3.74. The van der Waals surface area contributed by atoms with E-state index in [1.54, 1.807) is 30.3 Å². The van der Waals surface area contributed by atoms with Crippen LogP contribution in [0.4, 0.5) is 5.69 Å². The molecular weight excluding hydrogens is 583 g/mol. The van der Waals surface area contributed by atoms with E-state index in [1.807, 2.05) is 6.08 Å². The van der Waals surface area contributed by atoms with E-state index in [-0.39, 0.29) is 36.0 Å². The number of nitrogens with zero attached hydrogens (tertiary/aromatic N) is 2. The number of ether oxygens (including phenoxy) is 2. The Labute approximate surface area is 252 Å². The van der Waals surface area contributed by atoms with E-state index in [0.717, 1.165) is 10.5 Å². The van der Waals surface area contributed by atoms with Crippen LogP contribution in [-0.4, -0.2) is 64.7 Å². The van der Waals surface area contributed by atoms with Crippen molar-refractivity contribution >= 4 is 58.6 Å². The van der Waals surface area contributed by atoms with E-state index in [9.17, 15) is 24.3 Å². The lowest BCUT2D eigenvalue weighted by Gasteiger charge is -2.51. The summed E-state index contributed by atoms with van der Waals surface area (Å²) in [6.07, 6.45) is 3.56. The number of benzene rings is 2. The molecule has 2 aliphatic carbocycles. The summed E-state index contributed by atoms with van der Waals surface area (Å²) in [5.74, 6) is -5.33. The van der Waals surface area contributed by atoms with E-state index in [1.165, 1.54) is 38.3 Å². The van der Waals surface area contributed by atoms with Gasteiger partial charge < -0.3 is 14.6 Å². The summed E-state index contributed by atoms with van der Waals surface area (Å²) in [7, 11) is 4.10. The average molecular weight is 611 g/mol. The lowest BCUT2D eigenvalue weighted by molar-refractivity contribution is -0.138. The number of aromatic hydroxyl groups is 1. The number of phenolic OH excluding ortho intramolecular Hbond substituents is 1. The topological polar surface area (TPSA) is 113 Å². The molecule has 1 saturated carbocycles. The first kappa shape index (κ1) is 28.3. The lowest BCUT2D eigenvalue weighted by atomic mass is 9.56. The predicted octanol–water partition coefficient (Wildman–Crippen LogP) is 4.25. The SMILES string of the molecule is C=Cc1ccc(N2C(=O)C3CC=C4C(CC5(Cl)C(=O)N(C)C(=O)C5(Cl)C4c4c(OC)cc(O)cc4OC)C3C2=O)cc1. The smallest absolute Gasteiger partial charge is 0.253 e. The predicted molar refractivity (Wildman–Crippen MR) is 156 cm³/mol. The van der Waals surface area contributed by atoms with Gasteiger partial charge in [0.1, 0.15) is 17.2 Å². The molecule has 0 radical (unpaired) electrons. The largest absolute Gasteiger partial charge is 0.508 e. The van der Waals surface area contributed by atoms with Crippen molar-refractivity contribution in [1.82, 2.24) is 4.90 Å². The number of amides is 4. The molecule has 4 amide bonds. The number of carbonyl (C=O) groups is 4. The summed E-state index contributed by atoms with van der Waals surface area (Å²) >= 11 is 14.5. The Hall–Kier alpha value is -3.82. The molecule has 9 nitrogen and oxygen atoms in total. The Bertz CT molecular complexity index is 1580. The molecule has 6 atom stereocenters. The Morgan fingerprint density at radius 1 is 0.976 bits per heavy atom. The number of phenols is 1. The van der Waals surface area contributed by atoms with Gasteiger partial charge in [-0.05, 0) is 36.5 Å². The molecule has 0 bridgehead atoms. The van der Waals surface area contributed by atoms with Gasteiger partial charge in [-0.3, -0.25) is 29.0 Å². The van der Waals surface area contributed by atoms with Crippen molar-refractivity contribution in [2.75, 3.05) is 26.2 Å². The normalized spacial score (nSPS) is 31.9. The Morgan fingerprint density at radius 2 is 1.60 bits per heavy atom. The number of rotatable bonds is 5. The van der Waals surface area contributed by atoms with Crippen LogP contribution in [0.2, 0.25) is 0 Å². The highest BCUT2D eigenvalue weighted by molar-refractivity contribution is 6.53. The first-order valence-electron chi connectivity index (χ1n) is 13.4. The second kappa shape index (κ2) is 9.61. The summed E-state index contributed by atoms with van der Waals surface area (Å²) in [6, 6.07) is 9.62. The molecule has 1 N–H and O–H groups in total. The lowest BCUT2D eigenvalue weighted by Crippen LogP contribution is -2.60. The standard InChI is InChI=1S/C31H28Cl2N2O7/c1-5-15-6-8-16(9-7-15)35-26(37)19-11-10-18-20(23(19)27(35)38)14-30(32)28(39)34(2)29(40)31(30,33)25(18)24-21(41-3)12-17(36)13-22(24)42-4/h5-10,12-13,19-20,23,25,36H,1,11,14H2,2-4H3. The van der Waals surface area contributed by atoms with Crippen molar-refractivity contribution in [1.29, 1.82) is 0 Å². The number of hydrogen-bond acceptors (Lipinski definition) is 7. The van der Waals surface area contributed by atoms with Crippen LogP contribution in [0.25, 0.3) is 6.08 Å². The monoisotopic (exact) mass is 610 g/mol. The van der Waals surface area contributed by atoms with E-state index < -0.39 is 51.1 Å². The van der Waals surface area contributed by atoms with Crippen LogP contribution >= 0.6 is 23.2 Å². The first-order chi connectivity index (χ1) is 19.9. The molecule has 2 aliphatic heterocycles. The number of methoxy groups -OCH3 is 2. The van der Waals surface area contributed by atoms with Crippen molar-refractivity contribution in [3.05, 3.63) is 65.8 Å². The molecule has 0 spiro atoms. The van der Waals surface area contributed by atoms with E-state index in [0.29, 0.717) is 16.8 Å². The molecule has 2 aromatic carbocycles. The van der Waals surface area contributed by atoms with Crippen LogP contribution in [0.1, 0.15) is 29.9 Å². The maximum Gasteiger partial charge on any atom is 0.253 e. The third-order valence-electron chi connectivity index (χ3n) is 9.22. The first-order valence-corrected chi connectivity index (χ1v) is 14.2. The van der Waals surface area contributed by atoms with Crippen molar-refractivity contribution in [2.24, 2.45) is 17.8 Å². The van der Waals surface area contributed by atoms with E-state index >= 15 is 0 Å². The van der Waals surface area contributed by atoms with E-state index in [2.05, 4.69) is 6.58 Å². The minimum atomic E-state index is -2.01. The van der Waals surface area contributed by atoms with Crippen LogP contribution in [0.15, 0.2) is 54.6 Å². The number of allylic oxidation sites excluding steroid dienone is 2. The number of hydrogen-bond donors (Lipinski definition) is 1. The second-order valence-corrected chi connectivity index (χ2v) is 12.3. The number of halogens is 2. The number of carbonyl (C=O) groups excluding carboxylic acids is 4. The van der Waals surface area contributed by atoms with Crippen molar-refractivity contribution < 1.29 is 33.8 Å². The number of fused-ring (bicyclic) bond motifs is 4. The number of imide groups is 2. The van der Waals surface area contributed by atoms with Gasteiger partial charge in [-0.2, -0.15) is 0 Å². The van der Waals surface area contributed by atoms with Crippen LogP contribution in [0.3, 0.4) is 0 Å². The zero-order valence-corrected chi connectivity index (χ0v) is 24.6. The van der Waals surface area contributed by atoms with Crippen LogP contribution < -0.4 is 14.4 Å². The maximum absolute atomic E-state index is 14.1. The van der Waals surface area contributed by atoms with Gasteiger partial charge in [0, 0.05) is 30.7 Å². The van der Waals surface area contributed by atoms with Gasteiger partial charge in [-0.25, -0.2) is 0 Å². The minimum Gasteiger partial charge on any atom is -0.508 e. The van der Waals surface area contributed by atoms with Crippen molar-refractivity contribution in [3.8, 4) is 17.2 Å². The van der Waals surface area contributed by atoms with Crippen LogP contribution in [-0.2, 0) is 19.2 Å². The van der Waals surface area contributed by atoms with Crippen LogP contribution in [0, 0.1) is 17.8 Å². The van der Waals surface area contributed by atoms with Gasteiger partial charge >= 0.3 is 0 Å². The van der Waals surface area contributed by atoms with Gasteiger partial charge in [0.25, 0.3) is 11.8 Å². The quantitative estimate of drug-likeness (QED) is 0.306. The summed E-state index contributed by atoms with van der Waals surface area (Å²) in [4.78, 5) is 53.5. The molecular formula is C31H28Cl2N2O7. The fourth-order valence-corrected chi connectivity index (χ4v) is 8.29.